The van der Waals surface area contributed by atoms with Crippen molar-refractivity contribution in [1.29, 1.82) is 0 Å². The summed E-state index contributed by atoms with van der Waals surface area (Å²) >= 11 is 6.31. The van der Waals surface area contributed by atoms with Gasteiger partial charge in [0.2, 0.25) is 0 Å². The molecular weight excluding hydrogens is 254 g/mol. The number of thioether (sulfide) groups is 1. The van der Waals surface area contributed by atoms with Gasteiger partial charge in [0.1, 0.15) is 0 Å². The van der Waals surface area contributed by atoms with Gasteiger partial charge < -0.3 is 10.5 Å². The molecule has 1 rings (SSSR count). The van der Waals surface area contributed by atoms with Crippen molar-refractivity contribution in [3.8, 4) is 0 Å². The van der Waals surface area contributed by atoms with Crippen LogP contribution < -0.4 is 16.6 Å². The standard InChI is InChI=1S/C11H15N3OS2/c1-8(13-14-11(12)16)9-3-5-10(6-4-9)17-7-15-2/h3-6,13H,1,7H2,2H3,(H3,12,14,16). The maximum Gasteiger partial charge on any atom is 0.182 e. The van der Waals surface area contributed by atoms with Crippen molar-refractivity contribution >= 4 is 34.8 Å². The molecule has 4 nitrogen and oxygen atoms in total. The van der Waals surface area contributed by atoms with E-state index >= 15 is 0 Å². The van der Waals surface area contributed by atoms with Gasteiger partial charge in [0.05, 0.1) is 11.6 Å². The second kappa shape index (κ2) is 7.16. The Hall–Kier alpha value is -1.24. The summed E-state index contributed by atoms with van der Waals surface area (Å²) < 4.78 is 4.98. The number of benzene rings is 1. The van der Waals surface area contributed by atoms with E-state index in [2.05, 4.69) is 29.6 Å². The van der Waals surface area contributed by atoms with Crippen molar-refractivity contribution in [2.75, 3.05) is 13.0 Å². The van der Waals surface area contributed by atoms with Gasteiger partial charge in [0, 0.05) is 12.0 Å². The van der Waals surface area contributed by atoms with Crippen molar-refractivity contribution < 1.29 is 4.74 Å². The lowest BCUT2D eigenvalue weighted by Crippen LogP contribution is -2.39. The number of nitrogens with one attached hydrogen (secondary N) is 2. The largest absolute Gasteiger partial charge is 0.375 e. The number of hydrazine groups is 1. The lowest BCUT2D eigenvalue weighted by molar-refractivity contribution is 0.259. The van der Waals surface area contributed by atoms with E-state index in [9.17, 15) is 0 Å². The maximum absolute atomic E-state index is 5.30. The number of ether oxygens (including phenoxy) is 1. The van der Waals surface area contributed by atoms with Crippen LogP contribution in [0.3, 0.4) is 0 Å². The topological polar surface area (TPSA) is 59.3 Å². The van der Waals surface area contributed by atoms with E-state index in [1.165, 1.54) is 0 Å². The quantitative estimate of drug-likeness (QED) is 0.316. The van der Waals surface area contributed by atoms with E-state index < -0.39 is 0 Å². The van der Waals surface area contributed by atoms with Gasteiger partial charge in [0.25, 0.3) is 0 Å². The summed E-state index contributed by atoms with van der Waals surface area (Å²) in [4.78, 5) is 1.14. The second-order valence-electron chi connectivity index (χ2n) is 3.17. The third-order valence-corrected chi connectivity index (χ3v) is 2.94. The van der Waals surface area contributed by atoms with E-state index in [1.54, 1.807) is 18.9 Å². The first-order valence-electron chi connectivity index (χ1n) is 4.86. The molecule has 0 heterocycles. The van der Waals surface area contributed by atoms with Crippen LogP contribution in [0, 0.1) is 0 Å². The normalized spacial score (nSPS) is 9.71. The van der Waals surface area contributed by atoms with E-state index in [0.717, 1.165) is 10.5 Å². The Bertz CT molecular complexity index is 392. The Balaban J connectivity index is 2.54. The predicted octanol–water partition coefficient (Wildman–Crippen LogP) is 1.69. The van der Waals surface area contributed by atoms with Crippen LogP contribution in [-0.2, 0) is 4.74 Å². The average molecular weight is 269 g/mol. The highest BCUT2D eigenvalue weighted by molar-refractivity contribution is 7.99. The Morgan fingerprint density at radius 2 is 2.06 bits per heavy atom. The molecule has 0 unspecified atom stereocenters. The van der Waals surface area contributed by atoms with Gasteiger partial charge in [-0.2, -0.15) is 0 Å². The fraction of sp³-hybridized carbons (Fsp3) is 0.182. The minimum Gasteiger partial charge on any atom is -0.375 e. The predicted molar refractivity (Wildman–Crippen MR) is 76.3 cm³/mol. The average Bonchev–Trinajstić information content (AvgIpc) is 2.34. The molecule has 0 atom stereocenters. The number of thiocarbonyl (C=S) groups is 1. The molecular formula is C11H15N3OS2. The van der Waals surface area contributed by atoms with Crippen LogP contribution in [0.1, 0.15) is 5.56 Å². The molecule has 1 aromatic carbocycles. The highest BCUT2D eigenvalue weighted by Crippen LogP contribution is 2.19. The zero-order valence-corrected chi connectivity index (χ0v) is 11.2. The summed E-state index contributed by atoms with van der Waals surface area (Å²) in [6, 6.07) is 7.95. The monoisotopic (exact) mass is 269 g/mol. The van der Waals surface area contributed by atoms with E-state index in [4.69, 9.17) is 10.5 Å². The van der Waals surface area contributed by atoms with Gasteiger partial charge in [0.15, 0.2) is 5.11 Å². The SMILES string of the molecule is C=C(NNC(N)=S)c1ccc(SCOC)cc1. The molecule has 0 saturated carbocycles. The molecule has 92 valence electrons. The molecule has 0 fully saturated rings. The summed E-state index contributed by atoms with van der Waals surface area (Å²) in [5.74, 6) is 0.640. The Labute approximate surface area is 111 Å². The summed E-state index contributed by atoms with van der Waals surface area (Å²) in [5, 5.41) is 0.179. The highest BCUT2D eigenvalue weighted by atomic mass is 32.2. The van der Waals surface area contributed by atoms with Crippen LogP contribution in [0.25, 0.3) is 5.70 Å². The second-order valence-corrected chi connectivity index (χ2v) is 4.60. The van der Waals surface area contributed by atoms with Gasteiger partial charge in [-0.25, -0.2) is 0 Å². The zero-order chi connectivity index (χ0) is 12.7. The minimum absolute atomic E-state index is 0.179. The first-order chi connectivity index (χ1) is 8.13. The molecule has 17 heavy (non-hydrogen) atoms. The van der Waals surface area contributed by atoms with E-state index in [-0.39, 0.29) is 5.11 Å². The molecule has 0 saturated heterocycles. The van der Waals surface area contributed by atoms with Gasteiger partial charge in [-0.1, -0.05) is 30.5 Å². The van der Waals surface area contributed by atoms with Gasteiger partial charge in [-0.15, -0.1) is 0 Å². The summed E-state index contributed by atoms with van der Waals surface area (Å²) in [6.45, 7) is 3.87. The lowest BCUT2D eigenvalue weighted by atomic mass is 10.2. The summed E-state index contributed by atoms with van der Waals surface area (Å²) in [6.07, 6.45) is 0. The van der Waals surface area contributed by atoms with Gasteiger partial charge in [-0.05, 0) is 29.9 Å². The highest BCUT2D eigenvalue weighted by Gasteiger charge is 1.99. The third kappa shape index (κ3) is 5.08. The van der Waals surface area contributed by atoms with Crippen LogP contribution in [0.5, 0.6) is 0 Å². The molecule has 0 amide bonds. The van der Waals surface area contributed by atoms with E-state index in [1.807, 2.05) is 24.3 Å². The first kappa shape index (κ1) is 13.8. The first-order valence-corrected chi connectivity index (χ1v) is 6.25. The van der Waals surface area contributed by atoms with Crippen LogP contribution in [0.2, 0.25) is 0 Å². The molecule has 4 N–H and O–H groups in total. The molecule has 6 heteroatoms. The fourth-order valence-electron chi connectivity index (χ4n) is 1.09. The lowest BCUT2D eigenvalue weighted by Gasteiger charge is -2.11. The number of hydrogen-bond donors (Lipinski definition) is 3. The van der Waals surface area contributed by atoms with Crippen molar-refractivity contribution in [3.05, 3.63) is 36.4 Å². The number of rotatable bonds is 6. The van der Waals surface area contributed by atoms with Crippen LogP contribution in [0.4, 0.5) is 0 Å². The summed E-state index contributed by atoms with van der Waals surface area (Å²) in [7, 11) is 1.68. The van der Waals surface area contributed by atoms with Crippen LogP contribution >= 0.6 is 24.0 Å². The number of nitrogens with two attached hydrogens (primary N) is 1. The minimum atomic E-state index is 0.179. The Kier molecular flexibility index (Phi) is 5.82. The Morgan fingerprint density at radius 1 is 1.41 bits per heavy atom. The van der Waals surface area contributed by atoms with Crippen LogP contribution in [0.15, 0.2) is 35.7 Å². The number of hydrogen-bond acceptors (Lipinski definition) is 4. The molecule has 0 radical (unpaired) electrons. The van der Waals surface area contributed by atoms with Crippen molar-refractivity contribution in [2.24, 2.45) is 5.73 Å². The van der Waals surface area contributed by atoms with Gasteiger partial charge in [-0.3, -0.25) is 10.9 Å². The molecule has 0 aliphatic rings. The molecule has 1 aromatic rings. The third-order valence-electron chi connectivity index (χ3n) is 1.88. The van der Waals surface area contributed by atoms with Crippen molar-refractivity contribution in [3.63, 3.8) is 0 Å². The molecule has 0 bridgehead atoms. The molecule has 0 aliphatic heterocycles. The molecule has 0 aliphatic carbocycles. The molecule has 0 spiro atoms. The fourth-order valence-corrected chi connectivity index (χ4v) is 1.72. The van der Waals surface area contributed by atoms with E-state index in [0.29, 0.717) is 11.6 Å². The van der Waals surface area contributed by atoms with Crippen molar-refractivity contribution in [2.45, 2.75) is 4.90 Å². The molecule has 0 aromatic heterocycles. The van der Waals surface area contributed by atoms with Gasteiger partial charge >= 0.3 is 0 Å². The Morgan fingerprint density at radius 3 is 2.59 bits per heavy atom. The van der Waals surface area contributed by atoms with Crippen molar-refractivity contribution in [1.82, 2.24) is 10.9 Å². The smallest absolute Gasteiger partial charge is 0.182 e. The van der Waals surface area contributed by atoms with Crippen LogP contribution in [-0.4, -0.2) is 18.2 Å². The maximum atomic E-state index is 5.30. The number of methoxy groups -OCH3 is 1. The summed E-state index contributed by atoms with van der Waals surface area (Å²) in [5.41, 5.74) is 12.4. The zero-order valence-electron chi connectivity index (χ0n) is 9.53.